The van der Waals surface area contributed by atoms with Crippen LogP contribution in [0.15, 0.2) is 48.5 Å². The fraction of sp³-hybridized carbons (Fsp3) is 0.481. The lowest BCUT2D eigenvalue weighted by Gasteiger charge is -2.17. The zero-order valence-electron chi connectivity index (χ0n) is 18.8. The second-order valence-corrected chi connectivity index (χ2v) is 8.65. The molecule has 0 unspecified atom stereocenters. The summed E-state index contributed by atoms with van der Waals surface area (Å²) in [4.78, 5) is 24.3. The highest BCUT2D eigenvalue weighted by molar-refractivity contribution is 5.94. The molecular weight excluding hydrogens is 402 g/mol. The Bertz CT molecular complexity index is 849. The normalized spacial score (nSPS) is 13.4. The van der Waals surface area contributed by atoms with Gasteiger partial charge < -0.3 is 15.6 Å². The Labute approximate surface area is 191 Å². The lowest BCUT2D eigenvalue weighted by Crippen LogP contribution is -2.27. The molecule has 0 radical (unpaired) electrons. The molecule has 5 heteroatoms. The summed E-state index contributed by atoms with van der Waals surface area (Å²) in [6.07, 6.45) is 8.87. The molecular formula is C27H35NO4. The number of hydrogen-bond donors (Lipinski definition) is 2. The minimum atomic E-state index is -1.09. The highest BCUT2D eigenvalue weighted by atomic mass is 16.5. The van der Waals surface area contributed by atoms with Crippen LogP contribution in [0.4, 0.5) is 0 Å². The van der Waals surface area contributed by atoms with E-state index in [1.807, 2.05) is 24.3 Å². The minimum absolute atomic E-state index is 0.0555. The van der Waals surface area contributed by atoms with Gasteiger partial charge in [-0.3, -0.25) is 9.59 Å². The lowest BCUT2D eigenvalue weighted by molar-refractivity contribution is -0.159. The number of nitrogens with two attached hydrogens (primary N) is 1. The van der Waals surface area contributed by atoms with Gasteiger partial charge in [-0.25, -0.2) is 0 Å². The van der Waals surface area contributed by atoms with Gasteiger partial charge in [0, 0.05) is 5.92 Å². The third-order valence-electron chi connectivity index (χ3n) is 6.38. The molecule has 3 rings (SSSR count). The smallest absolute Gasteiger partial charge is 0.320 e. The van der Waals surface area contributed by atoms with E-state index in [0.717, 1.165) is 60.9 Å². The number of carboxylic acids is 1. The fourth-order valence-corrected chi connectivity index (χ4v) is 4.60. The van der Waals surface area contributed by atoms with Crippen molar-refractivity contribution in [3.05, 3.63) is 59.7 Å². The van der Waals surface area contributed by atoms with E-state index in [-0.39, 0.29) is 12.5 Å². The molecule has 0 aromatic heterocycles. The summed E-state index contributed by atoms with van der Waals surface area (Å²) in [7, 11) is 0. The first kappa shape index (κ1) is 24.0. The number of hydrogen-bond acceptors (Lipinski definition) is 4. The zero-order chi connectivity index (χ0) is 22.8. The van der Waals surface area contributed by atoms with E-state index in [1.54, 1.807) is 0 Å². The van der Waals surface area contributed by atoms with E-state index in [2.05, 4.69) is 24.3 Å². The van der Waals surface area contributed by atoms with Crippen molar-refractivity contribution in [2.24, 2.45) is 11.7 Å². The Balaban J connectivity index is 1.47. The number of fused-ring (bicyclic) bond motifs is 3. The first-order valence-corrected chi connectivity index (χ1v) is 11.9. The highest BCUT2D eigenvalue weighted by Crippen LogP contribution is 2.44. The summed E-state index contributed by atoms with van der Waals surface area (Å²) in [5.41, 5.74) is 10.1. The fourth-order valence-electron chi connectivity index (χ4n) is 4.60. The van der Waals surface area contributed by atoms with Crippen molar-refractivity contribution in [2.75, 3.05) is 13.2 Å². The van der Waals surface area contributed by atoms with Crippen molar-refractivity contribution in [2.45, 2.75) is 63.7 Å². The van der Waals surface area contributed by atoms with Crippen LogP contribution in [0, 0.1) is 5.92 Å². The summed E-state index contributed by atoms with van der Waals surface area (Å²) in [5.74, 6) is -2.86. The molecule has 0 fully saturated rings. The zero-order valence-corrected chi connectivity index (χ0v) is 18.8. The molecule has 2 aromatic carbocycles. The number of carboxylic acid groups (broad SMARTS) is 1. The van der Waals surface area contributed by atoms with Crippen molar-refractivity contribution in [3.8, 4) is 11.1 Å². The maximum Gasteiger partial charge on any atom is 0.320 e. The average Bonchev–Trinajstić information content (AvgIpc) is 3.12. The van der Waals surface area contributed by atoms with Crippen LogP contribution < -0.4 is 5.73 Å². The summed E-state index contributed by atoms with van der Waals surface area (Å²) >= 11 is 0. The van der Waals surface area contributed by atoms with Gasteiger partial charge in [0.05, 0.1) is 0 Å². The van der Waals surface area contributed by atoms with E-state index in [1.165, 1.54) is 19.3 Å². The molecule has 0 amide bonds. The van der Waals surface area contributed by atoms with E-state index < -0.39 is 17.9 Å². The predicted molar refractivity (Wildman–Crippen MR) is 126 cm³/mol. The third kappa shape index (κ3) is 6.19. The first-order chi connectivity index (χ1) is 15.6. The number of benzene rings is 2. The number of rotatable bonds is 14. The molecule has 172 valence electrons. The Morgan fingerprint density at radius 3 is 1.84 bits per heavy atom. The standard InChI is InChI=1S/C27H35NO4/c28-18-12-6-4-2-1-3-5-7-17-24(26(29)30)27(31)32-19-25-22-15-10-8-13-20(22)21-14-9-11-16-23(21)25/h8-11,13-16,24-25H,1-7,12,17-19,28H2,(H,29,30)/t24-/m0/s1. The largest absolute Gasteiger partial charge is 0.481 e. The second-order valence-electron chi connectivity index (χ2n) is 8.65. The molecule has 2 aromatic rings. The van der Waals surface area contributed by atoms with Gasteiger partial charge in [0.1, 0.15) is 6.61 Å². The van der Waals surface area contributed by atoms with Crippen LogP contribution in [0.5, 0.6) is 0 Å². The number of unbranched alkanes of at least 4 members (excludes halogenated alkanes) is 7. The molecule has 1 atom stereocenters. The maximum absolute atomic E-state index is 12.6. The summed E-state index contributed by atoms with van der Waals surface area (Å²) in [5, 5.41) is 9.56. The van der Waals surface area contributed by atoms with Gasteiger partial charge in [0.15, 0.2) is 5.92 Å². The summed E-state index contributed by atoms with van der Waals surface area (Å²) in [6, 6.07) is 16.2. The molecule has 0 spiro atoms. The molecule has 0 bridgehead atoms. The molecule has 1 aliphatic rings. The van der Waals surface area contributed by atoms with Crippen LogP contribution in [-0.2, 0) is 14.3 Å². The molecule has 0 saturated carbocycles. The van der Waals surface area contributed by atoms with Crippen molar-refractivity contribution < 1.29 is 19.4 Å². The van der Waals surface area contributed by atoms with Crippen LogP contribution in [0.2, 0.25) is 0 Å². The van der Waals surface area contributed by atoms with Crippen LogP contribution in [0.25, 0.3) is 11.1 Å². The quantitative estimate of drug-likeness (QED) is 0.231. The van der Waals surface area contributed by atoms with Crippen LogP contribution in [0.1, 0.15) is 74.8 Å². The van der Waals surface area contributed by atoms with Crippen LogP contribution in [-0.4, -0.2) is 30.2 Å². The molecule has 5 nitrogen and oxygen atoms in total. The van der Waals surface area contributed by atoms with Crippen molar-refractivity contribution in [1.29, 1.82) is 0 Å². The van der Waals surface area contributed by atoms with Gasteiger partial charge in [-0.15, -0.1) is 0 Å². The predicted octanol–water partition coefficient (Wildman–Crippen LogP) is 5.51. The van der Waals surface area contributed by atoms with Crippen LogP contribution in [0.3, 0.4) is 0 Å². The maximum atomic E-state index is 12.6. The van der Waals surface area contributed by atoms with Crippen molar-refractivity contribution in [1.82, 2.24) is 0 Å². The Morgan fingerprint density at radius 1 is 0.812 bits per heavy atom. The summed E-state index contributed by atoms with van der Waals surface area (Å²) in [6.45, 7) is 0.923. The molecule has 1 aliphatic carbocycles. The van der Waals surface area contributed by atoms with Gasteiger partial charge >= 0.3 is 11.9 Å². The van der Waals surface area contributed by atoms with Gasteiger partial charge in [-0.2, -0.15) is 0 Å². The third-order valence-corrected chi connectivity index (χ3v) is 6.38. The monoisotopic (exact) mass is 437 g/mol. The topological polar surface area (TPSA) is 89.6 Å². The summed E-state index contributed by atoms with van der Waals surface area (Å²) < 4.78 is 5.57. The van der Waals surface area contributed by atoms with E-state index in [4.69, 9.17) is 10.5 Å². The Hall–Kier alpha value is -2.66. The van der Waals surface area contributed by atoms with Crippen molar-refractivity contribution >= 4 is 11.9 Å². The molecule has 0 heterocycles. The molecule has 3 N–H and O–H groups in total. The SMILES string of the molecule is NCCCCCCCCCC[C@@H](C(=O)O)C(=O)OCC1c2ccccc2-c2ccccc21. The molecule has 0 aliphatic heterocycles. The molecule has 32 heavy (non-hydrogen) atoms. The van der Waals surface area contributed by atoms with E-state index >= 15 is 0 Å². The number of carbonyl (C=O) groups excluding carboxylic acids is 1. The van der Waals surface area contributed by atoms with Gasteiger partial charge in [0.2, 0.25) is 0 Å². The van der Waals surface area contributed by atoms with Crippen LogP contribution >= 0.6 is 0 Å². The Kier molecular flexibility index (Phi) is 9.29. The average molecular weight is 438 g/mol. The highest BCUT2D eigenvalue weighted by Gasteiger charge is 2.32. The van der Waals surface area contributed by atoms with E-state index in [0.29, 0.717) is 6.42 Å². The van der Waals surface area contributed by atoms with E-state index in [9.17, 15) is 14.7 Å². The number of carbonyl (C=O) groups is 2. The molecule has 0 saturated heterocycles. The number of ether oxygens (including phenoxy) is 1. The Morgan fingerprint density at radius 2 is 1.31 bits per heavy atom. The first-order valence-electron chi connectivity index (χ1n) is 11.9. The second kappa shape index (κ2) is 12.4. The number of aliphatic carboxylic acids is 1. The number of esters is 1. The lowest BCUT2D eigenvalue weighted by atomic mass is 9.97. The van der Waals surface area contributed by atoms with Gasteiger partial charge in [-0.05, 0) is 41.6 Å². The van der Waals surface area contributed by atoms with Gasteiger partial charge in [0.25, 0.3) is 0 Å². The van der Waals surface area contributed by atoms with Gasteiger partial charge in [-0.1, -0.05) is 93.5 Å². The minimum Gasteiger partial charge on any atom is -0.481 e. The van der Waals surface area contributed by atoms with Crippen molar-refractivity contribution in [3.63, 3.8) is 0 Å².